The van der Waals surface area contributed by atoms with Crippen molar-refractivity contribution < 1.29 is 42.8 Å². The molecule has 0 bridgehead atoms. The van der Waals surface area contributed by atoms with Crippen molar-refractivity contribution in [2.45, 2.75) is 43.9 Å². The third-order valence-electron chi connectivity index (χ3n) is 4.88. The zero-order valence-electron chi connectivity index (χ0n) is 16.7. The number of furan rings is 1. The van der Waals surface area contributed by atoms with Crippen molar-refractivity contribution in [3.05, 3.63) is 54.5 Å². The summed E-state index contributed by atoms with van der Waals surface area (Å²) in [6, 6.07) is 11.5. The van der Waals surface area contributed by atoms with Gasteiger partial charge in [0.25, 0.3) is 0 Å². The Labute approximate surface area is 178 Å². The second kappa shape index (κ2) is 9.48. The van der Waals surface area contributed by atoms with Crippen LogP contribution in [0.3, 0.4) is 0 Å². The van der Waals surface area contributed by atoms with Crippen molar-refractivity contribution in [3.8, 4) is 5.75 Å². The summed E-state index contributed by atoms with van der Waals surface area (Å²) in [5.41, 5.74) is 0. The molecule has 0 saturated carbocycles. The number of nitrogens with one attached hydrogen (secondary N) is 1. The number of carbonyl (C=O) groups is 2. The molecule has 0 radical (unpaired) electrons. The van der Waals surface area contributed by atoms with Gasteiger partial charge in [0.1, 0.15) is 36.7 Å². The number of carbonyl (C=O) groups excluding carboxylic acids is 1. The molecule has 10 heteroatoms. The van der Waals surface area contributed by atoms with E-state index in [9.17, 15) is 9.59 Å². The van der Waals surface area contributed by atoms with E-state index in [0.717, 1.165) is 0 Å². The number of carboxylic acid groups (broad SMARTS) is 1. The molecule has 6 atom stereocenters. The normalized spacial score (nSPS) is 30.2. The van der Waals surface area contributed by atoms with E-state index in [1.54, 1.807) is 36.4 Å². The van der Waals surface area contributed by atoms with Gasteiger partial charge in [-0.3, -0.25) is 4.79 Å². The number of carboxylic acids is 1. The lowest BCUT2D eigenvalue weighted by Crippen LogP contribution is -2.68. The van der Waals surface area contributed by atoms with E-state index in [1.807, 2.05) is 6.07 Å². The summed E-state index contributed by atoms with van der Waals surface area (Å²) in [6.07, 6.45) is -2.53. The molecule has 2 aliphatic heterocycles. The van der Waals surface area contributed by atoms with Crippen molar-refractivity contribution >= 4 is 11.9 Å². The van der Waals surface area contributed by atoms with Crippen LogP contribution in [0.4, 0.5) is 0 Å². The fourth-order valence-electron chi connectivity index (χ4n) is 3.63. The minimum atomic E-state index is -1.15. The summed E-state index contributed by atoms with van der Waals surface area (Å²) < 4.78 is 34.8. The number of hydrogen-bond donors (Lipinski definition) is 2. The molecular weight excluding hydrogens is 410 g/mol. The number of para-hydroxylation sites is 1. The van der Waals surface area contributed by atoms with Gasteiger partial charge in [-0.05, 0) is 24.3 Å². The molecule has 1 aromatic carbocycles. The molecule has 2 aliphatic rings. The maximum absolute atomic E-state index is 11.9. The molecule has 3 heterocycles. The predicted octanol–water partition coefficient (Wildman–Crippen LogP) is 1.47. The monoisotopic (exact) mass is 433 g/mol. The highest BCUT2D eigenvalue weighted by Gasteiger charge is 2.52. The molecule has 6 unspecified atom stereocenters. The molecule has 2 fully saturated rings. The van der Waals surface area contributed by atoms with Crippen LogP contribution >= 0.6 is 0 Å². The summed E-state index contributed by atoms with van der Waals surface area (Å²) in [7, 11) is 0. The van der Waals surface area contributed by atoms with Crippen molar-refractivity contribution in [2.75, 3.05) is 13.2 Å². The highest BCUT2D eigenvalue weighted by Crippen LogP contribution is 2.36. The molecule has 0 spiro atoms. The van der Waals surface area contributed by atoms with Crippen molar-refractivity contribution in [1.29, 1.82) is 0 Å². The number of ether oxygens (including phenoxy) is 5. The number of fused-ring (bicyclic) bond motifs is 1. The van der Waals surface area contributed by atoms with Crippen LogP contribution in [0.1, 0.15) is 19.0 Å². The Morgan fingerprint density at radius 1 is 1.16 bits per heavy atom. The molecule has 10 nitrogen and oxygen atoms in total. The van der Waals surface area contributed by atoms with Gasteiger partial charge in [-0.2, -0.15) is 0 Å². The van der Waals surface area contributed by atoms with Crippen LogP contribution in [0, 0.1) is 0 Å². The lowest BCUT2D eigenvalue weighted by Gasteiger charge is -2.48. The number of amides is 1. The van der Waals surface area contributed by atoms with Crippen LogP contribution in [0.5, 0.6) is 5.75 Å². The third kappa shape index (κ3) is 5.05. The van der Waals surface area contributed by atoms with Gasteiger partial charge in [-0.15, -0.1) is 0 Å². The smallest absolute Gasteiger partial charge is 0.329 e. The molecule has 2 saturated heterocycles. The standard InChI is InChI=1S/C21H23NO9/c1-12(23)22-17-19(27-11-16(24)25)18-15(10-28-20(31-18)14-8-5-9-26-14)30-21(17)29-13-6-3-2-4-7-13/h2-9,15,17-21H,10-11H2,1H3,(H,22,23)(H,24,25). The second-order valence-corrected chi connectivity index (χ2v) is 7.15. The Bertz CT molecular complexity index is 872. The Hall–Kier alpha value is -2.92. The molecule has 31 heavy (non-hydrogen) atoms. The highest BCUT2D eigenvalue weighted by atomic mass is 16.8. The minimum Gasteiger partial charge on any atom is -0.480 e. The Morgan fingerprint density at radius 3 is 2.65 bits per heavy atom. The Morgan fingerprint density at radius 2 is 1.97 bits per heavy atom. The summed E-state index contributed by atoms with van der Waals surface area (Å²) in [6.45, 7) is 0.887. The van der Waals surface area contributed by atoms with Crippen molar-refractivity contribution in [1.82, 2.24) is 5.32 Å². The third-order valence-corrected chi connectivity index (χ3v) is 4.88. The van der Waals surface area contributed by atoms with Crippen LogP contribution < -0.4 is 10.1 Å². The van der Waals surface area contributed by atoms with E-state index in [1.165, 1.54) is 13.2 Å². The molecule has 4 rings (SSSR count). The summed E-state index contributed by atoms with van der Waals surface area (Å²) in [4.78, 5) is 23.1. The van der Waals surface area contributed by atoms with E-state index in [0.29, 0.717) is 11.5 Å². The SMILES string of the molecule is CC(=O)NC1C(Oc2ccccc2)OC2COC(c3ccco3)OC2C1OCC(=O)O. The van der Waals surface area contributed by atoms with E-state index in [4.69, 9.17) is 33.2 Å². The lowest BCUT2D eigenvalue weighted by atomic mass is 9.95. The average molecular weight is 433 g/mol. The highest BCUT2D eigenvalue weighted by molar-refractivity contribution is 5.73. The van der Waals surface area contributed by atoms with E-state index >= 15 is 0 Å². The van der Waals surface area contributed by atoms with Gasteiger partial charge in [0.2, 0.25) is 18.5 Å². The fraction of sp³-hybridized carbons (Fsp3) is 0.429. The number of rotatable bonds is 7. The van der Waals surface area contributed by atoms with Crippen LogP contribution in [-0.4, -0.2) is 60.8 Å². The van der Waals surface area contributed by atoms with E-state index in [-0.39, 0.29) is 12.5 Å². The van der Waals surface area contributed by atoms with Gasteiger partial charge in [0.15, 0.2) is 5.76 Å². The van der Waals surface area contributed by atoms with Gasteiger partial charge >= 0.3 is 5.97 Å². The number of aliphatic carboxylic acids is 1. The first-order valence-electron chi connectivity index (χ1n) is 9.79. The number of hydrogen-bond acceptors (Lipinski definition) is 8. The predicted molar refractivity (Wildman–Crippen MR) is 103 cm³/mol. The Kier molecular flexibility index (Phi) is 6.52. The van der Waals surface area contributed by atoms with Crippen molar-refractivity contribution in [3.63, 3.8) is 0 Å². The molecule has 1 amide bonds. The maximum Gasteiger partial charge on any atom is 0.329 e. The zero-order valence-corrected chi connectivity index (χ0v) is 16.7. The van der Waals surface area contributed by atoms with E-state index in [2.05, 4.69) is 5.32 Å². The first-order valence-corrected chi connectivity index (χ1v) is 9.79. The molecule has 1 aromatic heterocycles. The maximum atomic E-state index is 11.9. The quantitative estimate of drug-likeness (QED) is 0.668. The minimum absolute atomic E-state index is 0.129. The van der Waals surface area contributed by atoms with Gasteiger partial charge < -0.3 is 38.5 Å². The van der Waals surface area contributed by atoms with Gasteiger partial charge in [-0.1, -0.05) is 18.2 Å². The van der Waals surface area contributed by atoms with Gasteiger partial charge in [0, 0.05) is 6.92 Å². The largest absolute Gasteiger partial charge is 0.480 e. The van der Waals surface area contributed by atoms with Crippen molar-refractivity contribution in [2.24, 2.45) is 0 Å². The number of benzene rings is 1. The Balaban J connectivity index is 1.61. The van der Waals surface area contributed by atoms with Crippen LogP contribution in [0.15, 0.2) is 53.1 Å². The molecular formula is C21H23NO9. The second-order valence-electron chi connectivity index (χ2n) is 7.15. The molecule has 166 valence electrons. The zero-order chi connectivity index (χ0) is 21.8. The van der Waals surface area contributed by atoms with Crippen LogP contribution in [0.25, 0.3) is 0 Å². The topological polar surface area (TPSA) is 126 Å². The molecule has 0 aliphatic carbocycles. The van der Waals surface area contributed by atoms with Crippen LogP contribution in [0.2, 0.25) is 0 Å². The van der Waals surface area contributed by atoms with Gasteiger partial charge in [-0.25, -0.2) is 4.79 Å². The summed E-state index contributed by atoms with van der Waals surface area (Å²) >= 11 is 0. The fourth-order valence-corrected chi connectivity index (χ4v) is 3.63. The first-order chi connectivity index (χ1) is 15.0. The lowest BCUT2D eigenvalue weighted by molar-refractivity contribution is -0.340. The summed E-state index contributed by atoms with van der Waals surface area (Å²) in [5.74, 6) is -0.536. The van der Waals surface area contributed by atoms with E-state index < -0.39 is 49.5 Å². The summed E-state index contributed by atoms with van der Waals surface area (Å²) in [5, 5.41) is 11.9. The average Bonchev–Trinajstić information content (AvgIpc) is 3.28. The van der Waals surface area contributed by atoms with Crippen LogP contribution in [-0.2, 0) is 28.5 Å². The van der Waals surface area contributed by atoms with Gasteiger partial charge in [0.05, 0.1) is 12.9 Å². The molecule has 2 aromatic rings. The molecule has 2 N–H and O–H groups in total. The first kappa shape index (κ1) is 21.3.